The van der Waals surface area contributed by atoms with Crippen LogP contribution in [0.5, 0.6) is 0 Å². The summed E-state index contributed by atoms with van der Waals surface area (Å²) in [6.45, 7) is 7.65. The first kappa shape index (κ1) is 19.7. The smallest absolute Gasteiger partial charge is 0.314 e. The van der Waals surface area contributed by atoms with E-state index in [1.165, 1.54) is 0 Å². The molecule has 4 heteroatoms. The summed E-state index contributed by atoms with van der Waals surface area (Å²) in [5, 5.41) is 2.84. The summed E-state index contributed by atoms with van der Waals surface area (Å²) in [5.41, 5.74) is 3.65. The number of carbonyl (C=O) groups is 2. The first-order chi connectivity index (χ1) is 12.4. The number of carbonyl (C=O) groups excluding carboxylic acids is 2. The highest BCUT2D eigenvalue weighted by molar-refractivity contribution is 5.94. The van der Waals surface area contributed by atoms with Crippen LogP contribution < -0.4 is 5.32 Å². The molecule has 2 atom stereocenters. The molecule has 0 fully saturated rings. The SMILES string of the molecule is CCC(C)C(C(=O)OCC(=O)Nc1c(C)cccc1C)c1ccccc1. The van der Waals surface area contributed by atoms with E-state index in [1.807, 2.05) is 76.2 Å². The average molecular weight is 353 g/mol. The zero-order chi connectivity index (χ0) is 19.1. The standard InChI is InChI=1S/C22H27NO3/c1-5-15(2)20(18-12-7-6-8-13-18)22(25)26-14-19(24)23-21-16(3)10-9-11-17(21)4/h6-13,15,20H,5,14H2,1-4H3,(H,23,24). The normalized spacial score (nSPS) is 12.9. The first-order valence-corrected chi connectivity index (χ1v) is 9.01. The van der Waals surface area contributed by atoms with Crippen molar-refractivity contribution >= 4 is 17.6 Å². The molecule has 1 amide bonds. The number of para-hydroxylation sites is 1. The topological polar surface area (TPSA) is 55.4 Å². The third-order valence-electron chi connectivity index (χ3n) is 4.72. The molecule has 26 heavy (non-hydrogen) atoms. The molecule has 2 rings (SSSR count). The van der Waals surface area contributed by atoms with Crippen molar-refractivity contribution in [1.82, 2.24) is 0 Å². The number of aryl methyl sites for hydroxylation is 2. The van der Waals surface area contributed by atoms with E-state index in [9.17, 15) is 9.59 Å². The molecule has 2 aromatic rings. The summed E-state index contributed by atoms with van der Waals surface area (Å²) in [4.78, 5) is 24.9. The predicted octanol–water partition coefficient (Wildman–Crippen LogP) is 4.62. The summed E-state index contributed by atoms with van der Waals surface area (Å²) in [6.07, 6.45) is 0.850. The van der Waals surface area contributed by atoms with Crippen LogP contribution in [0.25, 0.3) is 0 Å². The Balaban J connectivity index is 2.02. The molecule has 2 aromatic carbocycles. The largest absolute Gasteiger partial charge is 0.455 e. The van der Waals surface area contributed by atoms with Gasteiger partial charge in [-0.1, -0.05) is 68.8 Å². The number of ether oxygens (including phenoxy) is 1. The van der Waals surface area contributed by atoms with Gasteiger partial charge in [0, 0.05) is 5.69 Å². The Morgan fingerprint density at radius 3 is 2.19 bits per heavy atom. The molecule has 0 spiro atoms. The monoisotopic (exact) mass is 353 g/mol. The molecule has 0 bridgehead atoms. The van der Waals surface area contributed by atoms with Crippen molar-refractivity contribution in [3.8, 4) is 0 Å². The molecule has 0 radical (unpaired) electrons. The van der Waals surface area contributed by atoms with Crippen molar-refractivity contribution in [2.24, 2.45) is 5.92 Å². The van der Waals surface area contributed by atoms with Gasteiger partial charge < -0.3 is 10.1 Å². The van der Waals surface area contributed by atoms with Crippen LogP contribution in [0, 0.1) is 19.8 Å². The number of benzene rings is 2. The van der Waals surface area contributed by atoms with Crippen molar-refractivity contribution in [2.75, 3.05) is 11.9 Å². The summed E-state index contributed by atoms with van der Waals surface area (Å²) >= 11 is 0. The maximum atomic E-state index is 12.6. The van der Waals surface area contributed by atoms with Crippen LogP contribution in [0.1, 0.15) is 42.9 Å². The van der Waals surface area contributed by atoms with E-state index in [0.717, 1.165) is 28.8 Å². The van der Waals surface area contributed by atoms with Crippen LogP contribution in [0.15, 0.2) is 48.5 Å². The minimum atomic E-state index is -0.366. The fourth-order valence-electron chi connectivity index (χ4n) is 3.01. The van der Waals surface area contributed by atoms with E-state index < -0.39 is 0 Å². The summed E-state index contributed by atoms with van der Waals surface area (Å²) in [6, 6.07) is 15.4. The Kier molecular flexibility index (Phi) is 6.96. The minimum Gasteiger partial charge on any atom is -0.455 e. The lowest BCUT2D eigenvalue weighted by Crippen LogP contribution is -2.27. The third-order valence-corrected chi connectivity index (χ3v) is 4.72. The van der Waals surface area contributed by atoms with E-state index in [1.54, 1.807) is 0 Å². The van der Waals surface area contributed by atoms with Gasteiger partial charge in [0.05, 0.1) is 5.92 Å². The Labute approximate surface area is 155 Å². The Hall–Kier alpha value is -2.62. The molecule has 0 aromatic heterocycles. The first-order valence-electron chi connectivity index (χ1n) is 9.01. The molecule has 1 N–H and O–H groups in total. The average Bonchev–Trinajstić information content (AvgIpc) is 2.64. The number of nitrogens with one attached hydrogen (secondary N) is 1. The van der Waals surface area contributed by atoms with Crippen molar-refractivity contribution in [2.45, 2.75) is 40.0 Å². The number of hydrogen-bond donors (Lipinski definition) is 1. The molecule has 0 saturated heterocycles. The maximum Gasteiger partial charge on any atom is 0.314 e. The number of hydrogen-bond acceptors (Lipinski definition) is 3. The molecular weight excluding hydrogens is 326 g/mol. The van der Waals surface area contributed by atoms with Gasteiger partial charge in [0.1, 0.15) is 0 Å². The van der Waals surface area contributed by atoms with Crippen LogP contribution in [0.3, 0.4) is 0 Å². The summed E-state index contributed by atoms with van der Waals surface area (Å²) < 4.78 is 5.34. The van der Waals surface area contributed by atoms with E-state index in [4.69, 9.17) is 4.74 Å². The van der Waals surface area contributed by atoms with Crippen molar-refractivity contribution in [1.29, 1.82) is 0 Å². The maximum absolute atomic E-state index is 12.6. The van der Waals surface area contributed by atoms with Gasteiger partial charge in [0.15, 0.2) is 6.61 Å². The van der Waals surface area contributed by atoms with E-state index >= 15 is 0 Å². The van der Waals surface area contributed by atoms with Crippen LogP contribution in [-0.2, 0) is 14.3 Å². The van der Waals surface area contributed by atoms with E-state index in [2.05, 4.69) is 5.32 Å². The third kappa shape index (κ3) is 4.94. The summed E-state index contributed by atoms with van der Waals surface area (Å²) in [5.74, 6) is -0.922. The van der Waals surface area contributed by atoms with Gasteiger partial charge in [-0.25, -0.2) is 0 Å². The number of amides is 1. The highest BCUT2D eigenvalue weighted by Gasteiger charge is 2.27. The van der Waals surface area contributed by atoms with Crippen molar-refractivity contribution < 1.29 is 14.3 Å². The summed E-state index contributed by atoms with van der Waals surface area (Å²) in [7, 11) is 0. The Bertz CT molecular complexity index is 735. The molecule has 0 aliphatic rings. The zero-order valence-corrected chi connectivity index (χ0v) is 15.9. The number of rotatable bonds is 7. The molecule has 4 nitrogen and oxygen atoms in total. The zero-order valence-electron chi connectivity index (χ0n) is 15.9. The van der Waals surface area contributed by atoms with Gasteiger partial charge in [-0.2, -0.15) is 0 Å². The van der Waals surface area contributed by atoms with Gasteiger partial charge in [-0.3, -0.25) is 9.59 Å². The quantitative estimate of drug-likeness (QED) is 0.739. The second kappa shape index (κ2) is 9.18. The lowest BCUT2D eigenvalue weighted by atomic mass is 9.86. The van der Waals surface area contributed by atoms with Crippen molar-refractivity contribution in [3.05, 3.63) is 65.2 Å². The fraction of sp³-hybridized carbons (Fsp3) is 0.364. The second-order valence-corrected chi connectivity index (χ2v) is 6.70. The van der Waals surface area contributed by atoms with Crippen LogP contribution >= 0.6 is 0 Å². The van der Waals surface area contributed by atoms with Gasteiger partial charge in [0.25, 0.3) is 5.91 Å². The molecule has 2 unspecified atom stereocenters. The van der Waals surface area contributed by atoms with Gasteiger partial charge in [0.2, 0.25) is 0 Å². The highest BCUT2D eigenvalue weighted by atomic mass is 16.5. The fourth-order valence-corrected chi connectivity index (χ4v) is 3.01. The minimum absolute atomic E-state index is 0.131. The number of anilines is 1. The molecule has 138 valence electrons. The Morgan fingerprint density at radius 2 is 1.62 bits per heavy atom. The van der Waals surface area contributed by atoms with Crippen LogP contribution in [-0.4, -0.2) is 18.5 Å². The molecule has 0 aliphatic carbocycles. The van der Waals surface area contributed by atoms with Gasteiger partial charge in [-0.05, 0) is 36.5 Å². The van der Waals surface area contributed by atoms with Gasteiger partial charge in [-0.15, -0.1) is 0 Å². The predicted molar refractivity (Wildman–Crippen MR) is 104 cm³/mol. The lowest BCUT2D eigenvalue weighted by molar-refractivity contribution is -0.150. The van der Waals surface area contributed by atoms with Crippen LogP contribution in [0.4, 0.5) is 5.69 Å². The molecule has 0 saturated carbocycles. The second-order valence-electron chi connectivity index (χ2n) is 6.70. The van der Waals surface area contributed by atoms with Gasteiger partial charge >= 0.3 is 5.97 Å². The number of esters is 1. The van der Waals surface area contributed by atoms with E-state index in [0.29, 0.717) is 0 Å². The molecular formula is C22H27NO3. The molecule has 0 aliphatic heterocycles. The van der Waals surface area contributed by atoms with Crippen molar-refractivity contribution in [3.63, 3.8) is 0 Å². The molecule has 0 heterocycles. The lowest BCUT2D eigenvalue weighted by Gasteiger charge is -2.22. The highest BCUT2D eigenvalue weighted by Crippen LogP contribution is 2.28. The van der Waals surface area contributed by atoms with E-state index in [-0.39, 0.29) is 30.3 Å². The van der Waals surface area contributed by atoms with Crippen LogP contribution in [0.2, 0.25) is 0 Å². The Morgan fingerprint density at radius 1 is 1.00 bits per heavy atom.